The van der Waals surface area contributed by atoms with Crippen molar-refractivity contribution in [2.75, 3.05) is 51.0 Å². The second-order valence-corrected chi connectivity index (χ2v) is 7.87. The molecule has 3 N–H and O–H groups in total. The maximum Gasteiger partial charge on any atom is 0.238 e. The summed E-state index contributed by atoms with van der Waals surface area (Å²) >= 11 is 0. The molecule has 4 rings (SSSR count). The maximum absolute atomic E-state index is 12.5. The number of fused-ring (bicyclic) bond motifs is 1. The first-order chi connectivity index (χ1) is 14.7. The van der Waals surface area contributed by atoms with Crippen LogP contribution in [0.5, 0.6) is 5.75 Å². The van der Waals surface area contributed by atoms with E-state index in [1.807, 2.05) is 31.3 Å². The largest absolute Gasteiger partial charge is 0.497 e. The monoisotopic (exact) mass is 410 g/mol. The molecular formula is C22H30N6O2. The van der Waals surface area contributed by atoms with E-state index in [9.17, 15) is 4.79 Å². The molecule has 2 aliphatic heterocycles. The number of amides is 1. The van der Waals surface area contributed by atoms with Crippen LogP contribution in [-0.2, 0) is 17.8 Å². The Balaban J connectivity index is 1.43. The SMILES string of the molecule is CNc1nc(C2CCNCC2)nc2c1CCN(CC(=O)Nc1ccc(OC)cc1)C2. The van der Waals surface area contributed by atoms with Crippen molar-refractivity contribution < 1.29 is 9.53 Å². The number of nitrogens with zero attached hydrogens (tertiary/aromatic N) is 3. The average Bonchev–Trinajstić information content (AvgIpc) is 2.79. The van der Waals surface area contributed by atoms with Crippen LogP contribution in [-0.4, -0.2) is 61.1 Å². The molecule has 0 atom stereocenters. The highest BCUT2D eigenvalue weighted by Crippen LogP contribution is 2.29. The number of carbonyl (C=O) groups is 1. The fourth-order valence-electron chi connectivity index (χ4n) is 4.19. The number of anilines is 2. The quantitative estimate of drug-likeness (QED) is 0.671. The molecule has 0 saturated carbocycles. The van der Waals surface area contributed by atoms with Crippen LogP contribution in [0.15, 0.2) is 24.3 Å². The van der Waals surface area contributed by atoms with E-state index in [4.69, 9.17) is 14.7 Å². The molecule has 2 aliphatic rings. The van der Waals surface area contributed by atoms with Crippen LogP contribution >= 0.6 is 0 Å². The normalized spacial score (nSPS) is 17.3. The van der Waals surface area contributed by atoms with Gasteiger partial charge in [-0.25, -0.2) is 9.97 Å². The Labute approximate surface area is 177 Å². The van der Waals surface area contributed by atoms with Crippen LogP contribution in [0.4, 0.5) is 11.5 Å². The summed E-state index contributed by atoms with van der Waals surface area (Å²) in [5.41, 5.74) is 3.00. The maximum atomic E-state index is 12.5. The van der Waals surface area contributed by atoms with Crippen LogP contribution in [0.25, 0.3) is 0 Å². The molecule has 30 heavy (non-hydrogen) atoms. The summed E-state index contributed by atoms with van der Waals surface area (Å²) in [5, 5.41) is 9.62. The van der Waals surface area contributed by atoms with Crippen LogP contribution in [0.1, 0.15) is 35.8 Å². The molecule has 1 saturated heterocycles. The lowest BCUT2D eigenvalue weighted by Gasteiger charge is -2.30. The van der Waals surface area contributed by atoms with Crippen LogP contribution in [0.2, 0.25) is 0 Å². The highest BCUT2D eigenvalue weighted by molar-refractivity contribution is 5.92. The van der Waals surface area contributed by atoms with Crippen LogP contribution < -0.4 is 20.7 Å². The van der Waals surface area contributed by atoms with Gasteiger partial charge in [-0.05, 0) is 56.6 Å². The van der Waals surface area contributed by atoms with Crippen molar-refractivity contribution in [1.29, 1.82) is 0 Å². The van der Waals surface area contributed by atoms with Crippen molar-refractivity contribution in [2.45, 2.75) is 31.7 Å². The first-order valence-electron chi connectivity index (χ1n) is 10.6. The minimum atomic E-state index is -0.0231. The predicted molar refractivity (Wildman–Crippen MR) is 117 cm³/mol. The molecule has 2 aromatic rings. The van der Waals surface area contributed by atoms with Gasteiger partial charge in [0.15, 0.2) is 0 Å². The van der Waals surface area contributed by atoms with E-state index in [1.165, 1.54) is 5.56 Å². The second kappa shape index (κ2) is 9.40. The third-order valence-corrected chi connectivity index (χ3v) is 5.84. The number of benzene rings is 1. The smallest absolute Gasteiger partial charge is 0.238 e. The number of hydrogen-bond donors (Lipinski definition) is 3. The summed E-state index contributed by atoms with van der Waals surface area (Å²) in [6.45, 7) is 3.84. The van der Waals surface area contributed by atoms with Crippen LogP contribution in [0, 0.1) is 0 Å². The highest BCUT2D eigenvalue weighted by Gasteiger charge is 2.26. The van der Waals surface area contributed by atoms with E-state index < -0.39 is 0 Å². The lowest BCUT2D eigenvalue weighted by Crippen LogP contribution is -2.38. The topological polar surface area (TPSA) is 91.4 Å². The zero-order valence-corrected chi connectivity index (χ0v) is 17.7. The Morgan fingerprint density at radius 2 is 2.00 bits per heavy atom. The van der Waals surface area contributed by atoms with E-state index in [0.717, 1.165) is 67.7 Å². The number of hydrogen-bond acceptors (Lipinski definition) is 7. The summed E-state index contributed by atoms with van der Waals surface area (Å²) in [7, 11) is 3.55. The van der Waals surface area contributed by atoms with Crippen molar-refractivity contribution >= 4 is 17.4 Å². The van der Waals surface area contributed by atoms with E-state index in [0.29, 0.717) is 19.0 Å². The Morgan fingerprint density at radius 1 is 1.23 bits per heavy atom. The number of nitrogens with one attached hydrogen (secondary N) is 3. The van der Waals surface area contributed by atoms with Gasteiger partial charge in [-0.3, -0.25) is 9.69 Å². The molecule has 0 spiro atoms. The van der Waals surface area contributed by atoms with Crippen molar-refractivity contribution in [3.63, 3.8) is 0 Å². The van der Waals surface area contributed by atoms with Gasteiger partial charge in [0.25, 0.3) is 0 Å². The summed E-state index contributed by atoms with van der Waals surface area (Å²) in [4.78, 5) is 24.5. The first kappa shape index (κ1) is 20.6. The summed E-state index contributed by atoms with van der Waals surface area (Å²) in [6, 6.07) is 7.37. The average molecular weight is 411 g/mol. The fraction of sp³-hybridized carbons (Fsp3) is 0.500. The molecule has 8 nitrogen and oxygen atoms in total. The zero-order chi connectivity index (χ0) is 20.9. The summed E-state index contributed by atoms with van der Waals surface area (Å²) in [6.07, 6.45) is 2.97. The molecule has 160 valence electrons. The molecule has 0 bridgehead atoms. The van der Waals surface area contributed by atoms with Crippen molar-refractivity contribution in [3.8, 4) is 5.75 Å². The summed E-state index contributed by atoms with van der Waals surface area (Å²) < 4.78 is 5.16. The molecule has 3 heterocycles. The molecule has 0 aliphatic carbocycles. The van der Waals surface area contributed by atoms with Crippen LogP contribution in [0.3, 0.4) is 0 Å². The molecule has 0 unspecified atom stereocenters. The van der Waals surface area contributed by atoms with Crippen molar-refractivity contribution in [2.24, 2.45) is 0 Å². The van der Waals surface area contributed by atoms with Gasteiger partial charge in [-0.15, -0.1) is 0 Å². The lowest BCUT2D eigenvalue weighted by atomic mass is 9.96. The number of carbonyl (C=O) groups excluding carboxylic acids is 1. The number of ether oxygens (including phenoxy) is 1. The molecule has 1 aromatic heterocycles. The van der Waals surface area contributed by atoms with E-state index in [-0.39, 0.29) is 5.91 Å². The van der Waals surface area contributed by atoms with E-state index in [1.54, 1.807) is 7.11 Å². The van der Waals surface area contributed by atoms with Gasteiger partial charge < -0.3 is 20.7 Å². The van der Waals surface area contributed by atoms with Crippen molar-refractivity contribution in [1.82, 2.24) is 20.2 Å². The number of piperidine rings is 1. The Bertz CT molecular complexity index is 880. The van der Waals surface area contributed by atoms with E-state index >= 15 is 0 Å². The van der Waals surface area contributed by atoms with Gasteiger partial charge in [-0.2, -0.15) is 0 Å². The molecule has 1 aromatic carbocycles. The fourth-order valence-corrected chi connectivity index (χ4v) is 4.19. The molecule has 0 radical (unpaired) electrons. The molecule has 1 amide bonds. The standard InChI is InChI=1S/C22H30N6O2/c1-23-22-18-9-12-28(14-20(29)25-16-3-5-17(30-2)6-4-16)13-19(18)26-21(27-22)15-7-10-24-11-8-15/h3-6,15,24H,7-14H2,1-2H3,(H,25,29)(H,23,26,27). The molecule has 8 heteroatoms. The minimum Gasteiger partial charge on any atom is -0.497 e. The Kier molecular flexibility index (Phi) is 6.44. The van der Waals surface area contributed by atoms with E-state index in [2.05, 4.69) is 20.9 Å². The minimum absolute atomic E-state index is 0.0231. The van der Waals surface area contributed by atoms with Gasteiger partial charge in [-0.1, -0.05) is 0 Å². The van der Waals surface area contributed by atoms with Gasteiger partial charge in [0.1, 0.15) is 17.4 Å². The number of aromatic nitrogens is 2. The molecule has 1 fully saturated rings. The predicted octanol–water partition coefficient (Wildman–Crippen LogP) is 1.99. The van der Waals surface area contributed by atoms with Gasteiger partial charge in [0.05, 0.1) is 19.3 Å². The van der Waals surface area contributed by atoms with Gasteiger partial charge >= 0.3 is 0 Å². The Morgan fingerprint density at radius 3 is 2.70 bits per heavy atom. The zero-order valence-electron chi connectivity index (χ0n) is 17.7. The highest BCUT2D eigenvalue weighted by atomic mass is 16.5. The third-order valence-electron chi connectivity index (χ3n) is 5.84. The van der Waals surface area contributed by atoms with Crippen molar-refractivity contribution in [3.05, 3.63) is 41.3 Å². The Hall–Kier alpha value is -2.71. The second-order valence-electron chi connectivity index (χ2n) is 7.87. The third kappa shape index (κ3) is 4.71. The summed E-state index contributed by atoms with van der Waals surface area (Å²) in [5.74, 6) is 3.02. The van der Waals surface area contributed by atoms with Gasteiger partial charge in [0.2, 0.25) is 5.91 Å². The number of rotatable bonds is 6. The first-order valence-corrected chi connectivity index (χ1v) is 10.6. The molecular weight excluding hydrogens is 380 g/mol. The number of methoxy groups -OCH3 is 1. The van der Waals surface area contributed by atoms with Gasteiger partial charge in [0, 0.05) is 37.3 Å². The lowest BCUT2D eigenvalue weighted by molar-refractivity contribution is -0.117.